The molecule has 1 heterocycles. The summed E-state index contributed by atoms with van der Waals surface area (Å²) in [5.41, 5.74) is 2.13. The zero-order valence-electron chi connectivity index (χ0n) is 13.7. The molecule has 8 nitrogen and oxygen atoms in total. The number of hydrogen-bond donors (Lipinski definition) is 1. The van der Waals surface area contributed by atoms with Crippen molar-refractivity contribution in [3.05, 3.63) is 69.5 Å². The number of nitrogens with zero attached hydrogens (tertiary/aromatic N) is 4. The molecule has 0 saturated carbocycles. The molecular weight excluding hydrogens is 358 g/mol. The van der Waals surface area contributed by atoms with E-state index in [4.69, 9.17) is 11.6 Å². The quantitative estimate of drug-likeness (QED) is 0.546. The van der Waals surface area contributed by atoms with E-state index in [1.54, 1.807) is 24.3 Å². The van der Waals surface area contributed by atoms with Crippen molar-refractivity contribution < 1.29 is 9.72 Å². The number of aryl methyl sites for hydroxylation is 1. The third-order valence-corrected chi connectivity index (χ3v) is 3.89. The van der Waals surface area contributed by atoms with Crippen molar-refractivity contribution in [2.75, 3.05) is 5.32 Å². The molecule has 0 aliphatic carbocycles. The van der Waals surface area contributed by atoms with E-state index < -0.39 is 4.92 Å². The highest BCUT2D eigenvalue weighted by Gasteiger charge is 2.11. The Hall–Kier alpha value is -3.26. The predicted octanol–water partition coefficient (Wildman–Crippen LogP) is 3.45. The third kappa shape index (κ3) is 4.04. The van der Waals surface area contributed by atoms with Gasteiger partial charge in [0.1, 0.15) is 12.9 Å². The largest absolute Gasteiger partial charge is 0.323 e. The normalized spacial score (nSPS) is 10.5. The highest BCUT2D eigenvalue weighted by atomic mass is 35.5. The second kappa shape index (κ2) is 7.32. The number of amides is 1. The number of carbonyl (C=O) groups is 1. The predicted molar refractivity (Wildman–Crippen MR) is 96.9 cm³/mol. The summed E-state index contributed by atoms with van der Waals surface area (Å²) in [4.78, 5) is 26.5. The van der Waals surface area contributed by atoms with Crippen molar-refractivity contribution in [3.8, 4) is 11.4 Å². The minimum absolute atomic E-state index is 0.0115. The van der Waals surface area contributed by atoms with Crippen LogP contribution in [0.25, 0.3) is 11.4 Å². The van der Waals surface area contributed by atoms with Crippen LogP contribution in [0.2, 0.25) is 5.02 Å². The monoisotopic (exact) mass is 371 g/mol. The highest BCUT2D eigenvalue weighted by Crippen LogP contribution is 2.23. The number of hydrogen-bond acceptors (Lipinski definition) is 5. The van der Waals surface area contributed by atoms with Gasteiger partial charge in [0.2, 0.25) is 5.91 Å². The van der Waals surface area contributed by atoms with E-state index in [-0.39, 0.29) is 18.1 Å². The van der Waals surface area contributed by atoms with Gasteiger partial charge in [-0.25, -0.2) is 9.67 Å². The number of nitro groups is 1. The van der Waals surface area contributed by atoms with Crippen molar-refractivity contribution in [1.82, 2.24) is 14.8 Å². The number of aromatic nitrogens is 3. The van der Waals surface area contributed by atoms with E-state index in [9.17, 15) is 14.9 Å². The molecule has 3 rings (SSSR count). The van der Waals surface area contributed by atoms with E-state index in [1.807, 2.05) is 13.0 Å². The van der Waals surface area contributed by atoms with Crippen LogP contribution in [0.15, 0.2) is 48.8 Å². The Morgan fingerprint density at radius 2 is 2.00 bits per heavy atom. The number of nitrogens with one attached hydrogen (secondary N) is 1. The molecule has 0 radical (unpaired) electrons. The lowest BCUT2D eigenvalue weighted by Crippen LogP contribution is -2.19. The molecule has 0 bridgehead atoms. The molecule has 132 valence electrons. The molecule has 26 heavy (non-hydrogen) atoms. The van der Waals surface area contributed by atoms with Gasteiger partial charge in [-0.3, -0.25) is 14.9 Å². The number of anilines is 1. The van der Waals surface area contributed by atoms with Gasteiger partial charge in [0.15, 0.2) is 5.82 Å². The Morgan fingerprint density at radius 1 is 1.27 bits per heavy atom. The Kier molecular flexibility index (Phi) is 4.94. The fourth-order valence-electron chi connectivity index (χ4n) is 2.29. The summed E-state index contributed by atoms with van der Waals surface area (Å²) in [6.45, 7) is 1.87. The average Bonchev–Trinajstić information content (AvgIpc) is 3.06. The van der Waals surface area contributed by atoms with E-state index in [0.29, 0.717) is 22.1 Å². The number of nitro benzene ring substituents is 1. The first-order chi connectivity index (χ1) is 12.4. The molecule has 1 amide bonds. The minimum Gasteiger partial charge on any atom is -0.323 e. The highest BCUT2D eigenvalue weighted by molar-refractivity contribution is 6.33. The van der Waals surface area contributed by atoms with Gasteiger partial charge < -0.3 is 5.32 Å². The molecule has 0 spiro atoms. The van der Waals surface area contributed by atoms with Gasteiger partial charge in [-0.1, -0.05) is 17.7 Å². The number of benzene rings is 2. The lowest BCUT2D eigenvalue weighted by Gasteiger charge is -2.07. The fraction of sp³-hybridized carbons (Fsp3) is 0.118. The summed E-state index contributed by atoms with van der Waals surface area (Å²) in [7, 11) is 0. The standard InChI is InChI=1S/C17H14ClN5O3/c1-11-2-7-15(14(18)8-11)20-16(24)9-22-10-19-17(21-22)12-3-5-13(6-4-12)23(25)26/h2-8,10H,9H2,1H3,(H,20,24). The molecule has 0 aliphatic rings. The zero-order chi connectivity index (χ0) is 18.7. The molecular formula is C17H14ClN5O3. The van der Waals surface area contributed by atoms with Crippen LogP contribution in [0.4, 0.5) is 11.4 Å². The van der Waals surface area contributed by atoms with Crippen LogP contribution in [0.3, 0.4) is 0 Å². The number of halogens is 1. The average molecular weight is 372 g/mol. The topological polar surface area (TPSA) is 103 Å². The van der Waals surface area contributed by atoms with Crippen molar-refractivity contribution in [2.45, 2.75) is 13.5 Å². The van der Waals surface area contributed by atoms with Crippen LogP contribution in [0.5, 0.6) is 0 Å². The molecule has 0 saturated heterocycles. The number of carbonyl (C=O) groups excluding carboxylic acids is 1. The smallest absolute Gasteiger partial charge is 0.269 e. The van der Waals surface area contributed by atoms with Crippen LogP contribution in [0, 0.1) is 17.0 Å². The molecule has 0 aliphatic heterocycles. The Morgan fingerprint density at radius 3 is 2.65 bits per heavy atom. The zero-order valence-corrected chi connectivity index (χ0v) is 14.5. The lowest BCUT2D eigenvalue weighted by molar-refractivity contribution is -0.384. The molecule has 1 aromatic heterocycles. The fourth-order valence-corrected chi connectivity index (χ4v) is 2.58. The molecule has 9 heteroatoms. The van der Waals surface area contributed by atoms with Crippen molar-refractivity contribution in [1.29, 1.82) is 0 Å². The van der Waals surface area contributed by atoms with E-state index in [2.05, 4.69) is 15.4 Å². The molecule has 3 aromatic rings. The maximum absolute atomic E-state index is 12.2. The Balaban J connectivity index is 1.67. The Labute approximate surface area is 153 Å². The summed E-state index contributed by atoms with van der Waals surface area (Å²) in [6, 6.07) is 11.2. The lowest BCUT2D eigenvalue weighted by atomic mass is 10.2. The summed E-state index contributed by atoms with van der Waals surface area (Å²) >= 11 is 6.10. The maximum atomic E-state index is 12.2. The molecule has 0 unspecified atom stereocenters. The maximum Gasteiger partial charge on any atom is 0.269 e. The van der Waals surface area contributed by atoms with Gasteiger partial charge in [-0.05, 0) is 36.8 Å². The molecule has 0 atom stereocenters. The molecule has 2 aromatic carbocycles. The van der Waals surface area contributed by atoms with Gasteiger partial charge in [0, 0.05) is 17.7 Å². The van der Waals surface area contributed by atoms with Crippen LogP contribution in [-0.2, 0) is 11.3 Å². The first-order valence-corrected chi connectivity index (χ1v) is 8.00. The van der Waals surface area contributed by atoms with E-state index >= 15 is 0 Å². The number of rotatable bonds is 5. The van der Waals surface area contributed by atoms with E-state index in [1.165, 1.54) is 23.1 Å². The molecule has 1 N–H and O–H groups in total. The van der Waals surface area contributed by atoms with E-state index in [0.717, 1.165) is 5.56 Å². The van der Waals surface area contributed by atoms with Crippen molar-refractivity contribution in [3.63, 3.8) is 0 Å². The minimum atomic E-state index is -0.476. The van der Waals surface area contributed by atoms with Gasteiger partial charge in [-0.15, -0.1) is 0 Å². The van der Waals surface area contributed by atoms with Crippen LogP contribution in [0.1, 0.15) is 5.56 Å². The summed E-state index contributed by atoms with van der Waals surface area (Å²) < 4.78 is 1.38. The van der Waals surface area contributed by atoms with Gasteiger partial charge in [0.25, 0.3) is 5.69 Å². The van der Waals surface area contributed by atoms with Crippen molar-refractivity contribution >= 4 is 28.9 Å². The summed E-state index contributed by atoms with van der Waals surface area (Å²) in [5.74, 6) is 0.0805. The first-order valence-electron chi connectivity index (χ1n) is 7.62. The third-order valence-electron chi connectivity index (χ3n) is 3.58. The SMILES string of the molecule is Cc1ccc(NC(=O)Cn2cnc(-c3ccc([N+](=O)[O-])cc3)n2)c(Cl)c1. The summed E-state index contributed by atoms with van der Waals surface area (Å²) in [5, 5.41) is 18.1. The first kappa shape index (κ1) is 17.6. The van der Waals surface area contributed by atoms with Crippen LogP contribution in [-0.4, -0.2) is 25.6 Å². The Bertz CT molecular complexity index is 969. The second-order valence-electron chi connectivity index (χ2n) is 5.60. The summed E-state index contributed by atoms with van der Waals surface area (Å²) in [6.07, 6.45) is 1.42. The molecule has 0 fully saturated rings. The second-order valence-corrected chi connectivity index (χ2v) is 6.01. The van der Waals surface area contributed by atoms with Gasteiger partial charge >= 0.3 is 0 Å². The van der Waals surface area contributed by atoms with Crippen LogP contribution >= 0.6 is 11.6 Å². The van der Waals surface area contributed by atoms with Crippen molar-refractivity contribution in [2.24, 2.45) is 0 Å². The van der Waals surface area contributed by atoms with Gasteiger partial charge in [0.05, 0.1) is 15.6 Å². The van der Waals surface area contributed by atoms with Crippen LogP contribution < -0.4 is 5.32 Å². The number of non-ortho nitro benzene ring substituents is 1. The van der Waals surface area contributed by atoms with Gasteiger partial charge in [-0.2, -0.15) is 5.10 Å².